The molecular formula is C17H26N2O2S. The summed E-state index contributed by atoms with van der Waals surface area (Å²) in [6.07, 6.45) is 3.57. The summed E-state index contributed by atoms with van der Waals surface area (Å²) in [4.78, 5) is 11.7. The van der Waals surface area contributed by atoms with Crippen LogP contribution in [0.15, 0.2) is 24.3 Å². The number of hydrogen-bond acceptors (Lipinski definition) is 3. The van der Waals surface area contributed by atoms with Crippen LogP contribution >= 0.6 is 12.2 Å². The lowest BCUT2D eigenvalue weighted by atomic mass is 10.2. The van der Waals surface area contributed by atoms with Gasteiger partial charge in [-0.15, -0.1) is 0 Å². The monoisotopic (exact) mass is 322 g/mol. The molecule has 0 unspecified atom stereocenters. The normalized spacial score (nSPS) is 10.4. The molecule has 0 aromatic heterocycles. The summed E-state index contributed by atoms with van der Waals surface area (Å²) in [5.41, 5.74) is 0.829. The Morgan fingerprint density at radius 2 is 1.91 bits per heavy atom. The van der Waals surface area contributed by atoms with Crippen molar-refractivity contribution < 1.29 is 9.53 Å². The number of ether oxygens (including phenoxy) is 1. The van der Waals surface area contributed by atoms with Crippen LogP contribution in [0.1, 0.15) is 46.5 Å². The molecule has 122 valence electrons. The maximum absolute atomic E-state index is 11.7. The van der Waals surface area contributed by atoms with Crippen molar-refractivity contribution in [2.24, 2.45) is 5.92 Å². The quantitative estimate of drug-likeness (QED) is 0.558. The van der Waals surface area contributed by atoms with Gasteiger partial charge in [-0.1, -0.05) is 33.6 Å². The first-order chi connectivity index (χ1) is 10.5. The molecule has 0 saturated heterocycles. The molecule has 1 amide bonds. The van der Waals surface area contributed by atoms with Crippen LogP contribution in [-0.2, 0) is 4.79 Å². The van der Waals surface area contributed by atoms with Gasteiger partial charge in [0.25, 0.3) is 0 Å². The third-order valence-electron chi connectivity index (χ3n) is 2.96. The molecule has 0 aliphatic carbocycles. The zero-order valence-corrected chi connectivity index (χ0v) is 14.5. The number of nitrogens with one attached hydrogen (secondary N) is 2. The van der Waals surface area contributed by atoms with Gasteiger partial charge in [0.1, 0.15) is 5.75 Å². The molecule has 0 spiro atoms. The van der Waals surface area contributed by atoms with Crippen molar-refractivity contribution >= 4 is 28.9 Å². The van der Waals surface area contributed by atoms with Crippen LogP contribution in [0, 0.1) is 5.92 Å². The number of carbonyl (C=O) groups is 1. The fraction of sp³-hybridized carbons (Fsp3) is 0.529. The van der Waals surface area contributed by atoms with E-state index in [0.717, 1.165) is 30.7 Å². The SMILES string of the molecule is CCCCCC(=O)NC(=S)Nc1ccc(OCC(C)C)cc1. The summed E-state index contributed by atoms with van der Waals surface area (Å²) in [7, 11) is 0. The molecule has 1 rings (SSSR count). The molecule has 0 fully saturated rings. The van der Waals surface area contributed by atoms with Gasteiger partial charge in [0, 0.05) is 12.1 Å². The maximum atomic E-state index is 11.7. The summed E-state index contributed by atoms with van der Waals surface area (Å²) in [5, 5.41) is 6.02. The Kier molecular flexibility index (Phi) is 8.51. The van der Waals surface area contributed by atoms with E-state index >= 15 is 0 Å². The summed E-state index contributed by atoms with van der Waals surface area (Å²) in [6.45, 7) is 7.02. The molecule has 0 bridgehead atoms. The van der Waals surface area contributed by atoms with Crippen molar-refractivity contribution in [3.8, 4) is 5.75 Å². The first kappa shape index (κ1) is 18.4. The Balaban J connectivity index is 2.36. The minimum absolute atomic E-state index is 0.0390. The molecule has 2 N–H and O–H groups in total. The molecule has 0 atom stereocenters. The summed E-state index contributed by atoms with van der Waals surface area (Å²) >= 11 is 5.14. The number of amides is 1. The Morgan fingerprint density at radius 3 is 2.50 bits per heavy atom. The van der Waals surface area contributed by atoms with E-state index in [4.69, 9.17) is 17.0 Å². The van der Waals surface area contributed by atoms with Crippen molar-refractivity contribution in [3.05, 3.63) is 24.3 Å². The van der Waals surface area contributed by atoms with Crippen molar-refractivity contribution in [1.82, 2.24) is 5.32 Å². The number of carbonyl (C=O) groups excluding carboxylic acids is 1. The first-order valence-electron chi connectivity index (χ1n) is 7.85. The summed E-state index contributed by atoms with van der Waals surface area (Å²) in [6, 6.07) is 7.53. The van der Waals surface area contributed by atoms with E-state index in [9.17, 15) is 4.79 Å². The van der Waals surface area contributed by atoms with Crippen molar-refractivity contribution in [2.75, 3.05) is 11.9 Å². The van der Waals surface area contributed by atoms with E-state index in [1.165, 1.54) is 0 Å². The second-order valence-corrected chi connectivity index (χ2v) is 6.10. The Hall–Kier alpha value is -1.62. The van der Waals surface area contributed by atoms with Gasteiger partial charge in [0.2, 0.25) is 5.91 Å². The molecule has 5 heteroatoms. The molecule has 22 heavy (non-hydrogen) atoms. The smallest absolute Gasteiger partial charge is 0.226 e. The molecule has 0 aliphatic heterocycles. The number of thiocarbonyl (C=S) groups is 1. The van der Waals surface area contributed by atoms with Crippen LogP contribution in [0.5, 0.6) is 5.75 Å². The summed E-state index contributed by atoms with van der Waals surface area (Å²) in [5.74, 6) is 1.28. The van der Waals surface area contributed by atoms with Gasteiger partial charge in [-0.2, -0.15) is 0 Å². The average molecular weight is 322 g/mol. The van der Waals surface area contributed by atoms with Gasteiger partial charge in [-0.25, -0.2) is 0 Å². The third kappa shape index (κ3) is 7.98. The zero-order chi connectivity index (χ0) is 16.4. The van der Waals surface area contributed by atoms with E-state index in [1.807, 2.05) is 24.3 Å². The maximum Gasteiger partial charge on any atom is 0.226 e. The number of rotatable bonds is 8. The van der Waals surface area contributed by atoms with Crippen molar-refractivity contribution in [1.29, 1.82) is 0 Å². The highest BCUT2D eigenvalue weighted by Gasteiger charge is 2.05. The predicted octanol–water partition coefficient (Wildman–Crippen LogP) is 4.11. The van der Waals surface area contributed by atoms with E-state index in [2.05, 4.69) is 31.4 Å². The van der Waals surface area contributed by atoms with Crippen molar-refractivity contribution in [3.63, 3.8) is 0 Å². The minimum atomic E-state index is -0.0390. The summed E-state index contributed by atoms with van der Waals surface area (Å²) < 4.78 is 5.62. The highest BCUT2D eigenvalue weighted by atomic mass is 32.1. The van der Waals surface area contributed by atoms with Crippen LogP contribution in [0.25, 0.3) is 0 Å². The van der Waals surface area contributed by atoms with E-state index in [-0.39, 0.29) is 5.91 Å². The van der Waals surface area contributed by atoms with Gasteiger partial charge in [0.05, 0.1) is 6.61 Å². The second-order valence-electron chi connectivity index (χ2n) is 5.69. The number of benzene rings is 1. The molecule has 4 nitrogen and oxygen atoms in total. The minimum Gasteiger partial charge on any atom is -0.493 e. The Morgan fingerprint density at radius 1 is 1.23 bits per heavy atom. The molecule has 0 heterocycles. The topological polar surface area (TPSA) is 50.4 Å². The van der Waals surface area contributed by atoms with Gasteiger partial charge in [0.15, 0.2) is 5.11 Å². The lowest BCUT2D eigenvalue weighted by Crippen LogP contribution is -2.33. The lowest BCUT2D eigenvalue weighted by Gasteiger charge is -2.11. The molecule has 0 radical (unpaired) electrons. The highest BCUT2D eigenvalue weighted by Crippen LogP contribution is 2.16. The molecule has 1 aromatic rings. The predicted molar refractivity (Wildman–Crippen MR) is 95.3 cm³/mol. The van der Waals surface area contributed by atoms with Gasteiger partial charge >= 0.3 is 0 Å². The van der Waals surface area contributed by atoms with Gasteiger partial charge in [-0.05, 0) is 48.8 Å². The van der Waals surface area contributed by atoms with E-state index in [0.29, 0.717) is 24.1 Å². The highest BCUT2D eigenvalue weighted by molar-refractivity contribution is 7.80. The van der Waals surface area contributed by atoms with Crippen LogP contribution in [0.4, 0.5) is 5.69 Å². The zero-order valence-electron chi connectivity index (χ0n) is 13.6. The largest absolute Gasteiger partial charge is 0.493 e. The van der Waals surface area contributed by atoms with Gasteiger partial charge < -0.3 is 15.4 Å². The fourth-order valence-electron chi connectivity index (χ4n) is 1.78. The second kappa shape index (κ2) is 10.2. The van der Waals surface area contributed by atoms with E-state index in [1.54, 1.807) is 0 Å². The Labute approximate surface area is 138 Å². The first-order valence-corrected chi connectivity index (χ1v) is 8.25. The fourth-order valence-corrected chi connectivity index (χ4v) is 2.02. The Bertz CT molecular complexity index is 472. The standard InChI is InChI=1S/C17H26N2O2S/c1-4-5-6-7-16(20)19-17(22)18-14-8-10-15(11-9-14)21-12-13(2)3/h8-11,13H,4-7,12H2,1-3H3,(H2,18,19,20,22). The van der Waals surface area contributed by atoms with Crippen LogP contribution in [-0.4, -0.2) is 17.6 Å². The van der Waals surface area contributed by atoms with Gasteiger partial charge in [-0.3, -0.25) is 4.79 Å². The number of anilines is 1. The molecular weight excluding hydrogens is 296 g/mol. The molecule has 0 aliphatic rings. The molecule has 1 aromatic carbocycles. The number of hydrogen-bond donors (Lipinski definition) is 2. The average Bonchev–Trinajstić information content (AvgIpc) is 2.46. The van der Waals surface area contributed by atoms with Crippen molar-refractivity contribution in [2.45, 2.75) is 46.5 Å². The van der Waals surface area contributed by atoms with Crippen LogP contribution in [0.3, 0.4) is 0 Å². The van der Waals surface area contributed by atoms with Crippen LogP contribution in [0.2, 0.25) is 0 Å². The lowest BCUT2D eigenvalue weighted by molar-refractivity contribution is -0.119. The molecule has 0 saturated carbocycles. The number of unbranched alkanes of at least 4 members (excludes halogenated alkanes) is 2. The van der Waals surface area contributed by atoms with E-state index < -0.39 is 0 Å². The van der Waals surface area contributed by atoms with Crippen LogP contribution < -0.4 is 15.4 Å². The third-order valence-corrected chi connectivity index (χ3v) is 3.16.